The Kier molecular flexibility index (Phi) is 3.25. The second-order valence-electron chi connectivity index (χ2n) is 3.98. The van der Waals surface area contributed by atoms with Crippen LogP contribution in [0.5, 0.6) is 0 Å². The van der Waals surface area contributed by atoms with Crippen molar-refractivity contribution in [2.45, 2.75) is 30.9 Å². The Balaban J connectivity index is 2.03. The number of nitrogens with two attached hydrogens (primary N) is 1. The minimum Gasteiger partial charge on any atom is -0.339 e. The minimum absolute atomic E-state index is 0.279. The van der Waals surface area contributed by atoms with E-state index in [1.54, 1.807) is 0 Å². The molecule has 1 aromatic rings. The average Bonchev–Trinajstić information content (AvgIpc) is 2.76. The molecule has 1 aliphatic heterocycles. The summed E-state index contributed by atoms with van der Waals surface area (Å²) in [5, 5.41) is 3.39. The number of nitrogens with zero attached hydrogens (tertiary/aromatic N) is 2. The van der Waals surface area contributed by atoms with Crippen LogP contribution < -0.4 is 5.73 Å². The smallest absolute Gasteiger partial charge is 0.227 e. The Morgan fingerprint density at radius 1 is 1.50 bits per heavy atom. The zero-order valence-electron chi connectivity index (χ0n) is 8.92. The Morgan fingerprint density at radius 2 is 2.31 bits per heavy atom. The predicted molar refractivity (Wildman–Crippen MR) is 57.6 cm³/mol. The highest BCUT2D eigenvalue weighted by Crippen LogP contribution is 2.22. The lowest BCUT2D eigenvalue weighted by Gasteiger charge is -2.04. The number of sulfone groups is 1. The molecule has 6 nitrogen and oxygen atoms in total. The van der Waals surface area contributed by atoms with Crippen molar-refractivity contribution in [2.75, 3.05) is 12.3 Å². The van der Waals surface area contributed by atoms with Crippen molar-refractivity contribution >= 4 is 9.84 Å². The lowest BCUT2D eigenvalue weighted by atomic mass is 10.2. The van der Waals surface area contributed by atoms with Crippen molar-refractivity contribution in [3.63, 3.8) is 0 Å². The normalized spacial score (nSPS) is 23.7. The van der Waals surface area contributed by atoms with Crippen LogP contribution in [0, 0.1) is 0 Å². The quantitative estimate of drug-likeness (QED) is 0.781. The highest BCUT2D eigenvalue weighted by molar-refractivity contribution is 7.92. The predicted octanol–water partition coefficient (Wildman–Crippen LogP) is -0.310. The largest absolute Gasteiger partial charge is 0.339 e. The molecule has 1 unspecified atom stereocenters. The van der Waals surface area contributed by atoms with Gasteiger partial charge in [-0.15, -0.1) is 0 Å². The maximum absolute atomic E-state index is 11.6. The molecule has 2 heterocycles. The first-order valence-electron chi connectivity index (χ1n) is 5.35. The summed E-state index contributed by atoms with van der Waals surface area (Å²) < 4.78 is 28.2. The lowest BCUT2D eigenvalue weighted by molar-refractivity contribution is 0.370. The molecule has 16 heavy (non-hydrogen) atoms. The van der Waals surface area contributed by atoms with Crippen LogP contribution in [0.1, 0.15) is 24.6 Å². The van der Waals surface area contributed by atoms with Crippen LogP contribution in [-0.4, -0.2) is 36.1 Å². The van der Waals surface area contributed by atoms with Crippen LogP contribution >= 0.6 is 0 Å². The van der Waals surface area contributed by atoms with Crippen LogP contribution in [0.4, 0.5) is 0 Å². The molecule has 1 aromatic heterocycles. The van der Waals surface area contributed by atoms with Gasteiger partial charge in [-0.2, -0.15) is 4.98 Å². The second-order valence-corrected chi connectivity index (χ2v) is 6.38. The van der Waals surface area contributed by atoms with Crippen molar-refractivity contribution in [3.8, 4) is 0 Å². The van der Waals surface area contributed by atoms with Gasteiger partial charge in [-0.05, 0) is 19.4 Å². The molecule has 2 N–H and O–H groups in total. The Labute approximate surface area is 94.1 Å². The third-order valence-corrected chi connectivity index (χ3v) is 5.02. The summed E-state index contributed by atoms with van der Waals surface area (Å²) in [7, 11) is -2.94. The highest BCUT2D eigenvalue weighted by atomic mass is 32.2. The maximum Gasteiger partial charge on any atom is 0.227 e. The van der Waals surface area contributed by atoms with Crippen molar-refractivity contribution in [2.24, 2.45) is 5.73 Å². The van der Waals surface area contributed by atoms with E-state index in [0.717, 1.165) is 6.42 Å². The molecule has 1 atom stereocenters. The molecule has 1 aliphatic rings. The SMILES string of the molecule is NCCc1noc(CC2CCCS2(=O)=O)n1. The summed E-state index contributed by atoms with van der Waals surface area (Å²) in [4.78, 5) is 4.11. The van der Waals surface area contributed by atoms with E-state index in [2.05, 4.69) is 10.1 Å². The van der Waals surface area contributed by atoms with Gasteiger partial charge >= 0.3 is 0 Å². The molecule has 0 saturated carbocycles. The van der Waals surface area contributed by atoms with Gasteiger partial charge in [0.25, 0.3) is 0 Å². The molecule has 0 aliphatic carbocycles. The lowest BCUT2D eigenvalue weighted by Crippen LogP contribution is -2.18. The number of hydrogen-bond donors (Lipinski definition) is 1. The van der Waals surface area contributed by atoms with Gasteiger partial charge in [0.15, 0.2) is 15.7 Å². The molecule has 90 valence electrons. The summed E-state index contributed by atoms with van der Waals surface area (Å²) in [5.74, 6) is 1.23. The first-order chi connectivity index (χ1) is 7.62. The van der Waals surface area contributed by atoms with Crippen LogP contribution in [0.25, 0.3) is 0 Å². The van der Waals surface area contributed by atoms with E-state index in [9.17, 15) is 8.42 Å². The van der Waals surface area contributed by atoms with Gasteiger partial charge in [-0.25, -0.2) is 8.42 Å². The highest BCUT2D eigenvalue weighted by Gasteiger charge is 2.32. The Bertz CT molecular complexity index is 454. The van der Waals surface area contributed by atoms with E-state index in [4.69, 9.17) is 10.3 Å². The maximum atomic E-state index is 11.6. The van der Waals surface area contributed by atoms with Crippen LogP contribution in [0.3, 0.4) is 0 Å². The van der Waals surface area contributed by atoms with Gasteiger partial charge in [0.05, 0.1) is 11.0 Å². The van der Waals surface area contributed by atoms with E-state index in [0.29, 0.717) is 37.5 Å². The molecule has 0 spiro atoms. The van der Waals surface area contributed by atoms with E-state index < -0.39 is 9.84 Å². The van der Waals surface area contributed by atoms with Crippen LogP contribution in [-0.2, 0) is 22.7 Å². The fraction of sp³-hybridized carbons (Fsp3) is 0.778. The molecular weight excluding hydrogens is 230 g/mol. The summed E-state index contributed by atoms with van der Waals surface area (Å²) in [5.41, 5.74) is 5.36. The fourth-order valence-electron chi connectivity index (χ4n) is 1.89. The van der Waals surface area contributed by atoms with E-state index in [1.807, 2.05) is 0 Å². The number of hydrogen-bond acceptors (Lipinski definition) is 6. The molecule has 0 aromatic carbocycles. The van der Waals surface area contributed by atoms with Crippen molar-refractivity contribution < 1.29 is 12.9 Å². The number of aromatic nitrogens is 2. The fourth-order valence-corrected chi connectivity index (χ4v) is 3.71. The van der Waals surface area contributed by atoms with E-state index in [1.165, 1.54) is 0 Å². The Hall–Kier alpha value is -0.950. The third kappa shape index (κ3) is 2.41. The van der Waals surface area contributed by atoms with E-state index in [-0.39, 0.29) is 11.0 Å². The minimum atomic E-state index is -2.94. The summed E-state index contributed by atoms with van der Waals surface area (Å²) in [6.07, 6.45) is 2.31. The molecule has 2 rings (SSSR count). The monoisotopic (exact) mass is 245 g/mol. The average molecular weight is 245 g/mol. The van der Waals surface area contributed by atoms with Gasteiger partial charge in [-0.1, -0.05) is 5.16 Å². The molecule has 1 saturated heterocycles. The standard InChI is InChI=1S/C9H15N3O3S/c10-4-3-8-11-9(15-12-8)6-7-2-1-5-16(7,13)14/h7H,1-6,10H2. The first-order valence-corrected chi connectivity index (χ1v) is 7.06. The zero-order chi connectivity index (χ0) is 11.6. The van der Waals surface area contributed by atoms with Gasteiger partial charge in [0.1, 0.15) is 0 Å². The van der Waals surface area contributed by atoms with Gasteiger partial charge < -0.3 is 10.3 Å². The zero-order valence-corrected chi connectivity index (χ0v) is 9.74. The molecular formula is C9H15N3O3S. The topological polar surface area (TPSA) is 99.1 Å². The van der Waals surface area contributed by atoms with Crippen molar-refractivity contribution in [3.05, 3.63) is 11.7 Å². The van der Waals surface area contributed by atoms with Gasteiger partial charge in [-0.3, -0.25) is 0 Å². The van der Waals surface area contributed by atoms with Crippen LogP contribution in [0.2, 0.25) is 0 Å². The molecule has 0 radical (unpaired) electrons. The third-order valence-electron chi connectivity index (χ3n) is 2.74. The molecule has 1 fully saturated rings. The van der Waals surface area contributed by atoms with Crippen molar-refractivity contribution in [1.29, 1.82) is 0 Å². The Morgan fingerprint density at radius 3 is 2.94 bits per heavy atom. The summed E-state index contributed by atoms with van der Waals surface area (Å²) >= 11 is 0. The molecule has 0 bridgehead atoms. The second kappa shape index (κ2) is 4.50. The van der Waals surface area contributed by atoms with Crippen molar-refractivity contribution in [1.82, 2.24) is 10.1 Å². The van der Waals surface area contributed by atoms with Gasteiger partial charge in [0, 0.05) is 12.8 Å². The molecule has 7 heteroatoms. The van der Waals surface area contributed by atoms with Gasteiger partial charge in [0.2, 0.25) is 5.89 Å². The molecule has 0 amide bonds. The number of rotatable bonds is 4. The van der Waals surface area contributed by atoms with Crippen LogP contribution in [0.15, 0.2) is 4.52 Å². The summed E-state index contributed by atoms with van der Waals surface area (Å²) in [6.45, 7) is 0.459. The summed E-state index contributed by atoms with van der Waals surface area (Å²) in [6, 6.07) is 0. The first kappa shape index (κ1) is 11.5. The van der Waals surface area contributed by atoms with E-state index >= 15 is 0 Å².